The number of thiophene rings is 1. The molecule has 0 spiro atoms. The molecule has 1 saturated heterocycles. The minimum atomic E-state index is -0.441. The zero-order chi connectivity index (χ0) is 19.5. The number of ether oxygens (including phenoxy) is 1. The number of hydrogen-bond donors (Lipinski definition) is 2. The van der Waals surface area contributed by atoms with Crippen molar-refractivity contribution in [2.45, 2.75) is 13.3 Å². The molecule has 2 amide bonds. The maximum atomic E-state index is 12.7. The van der Waals surface area contributed by atoms with Crippen molar-refractivity contribution >= 4 is 34.7 Å². The number of amides is 2. The van der Waals surface area contributed by atoms with Crippen molar-refractivity contribution in [1.82, 2.24) is 10.2 Å². The lowest BCUT2D eigenvalue weighted by molar-refractivity contribution is -0.122. The molecule has 1 aliphatic rings. The second kappa shape index (κ2) is 7.85. The summed E-state index contributed by atoms with van der Waals surface area (Å²) in [4.78, 5) is 27.9. The fourth-order valence-corrected chi connectivity index (χ4v) is 3.94. The van der Waals surface area contributed by atoms with Crippen LogP contribution in [0.15, 0.2) is 47.8 Å². The van der Waals surface area contributed by atoms with E-state index in [4.69, 9.17) is 4.74 Å². The van der Waals surface area contributed by atoms with Gasteiger partial charge in [0.05, 0.1) is 28.8 Å². The van der Waals surface area contributed by atoms with Crippen molar-refractivity contribution < 1.29 is 14.3 Å². The summed E-state index contributed by atoms with van der Waals surface area (Å²) in [5.74, 6) is 0.355. The van der Waals surface area contributed by atoms with Gasteiger partial charge in [0.1, 0.15) is 5.75 Å². The van der Waals surface area contributed by atoms with Gasteiger partial charge < -0.3 is 15.0 Å². The first-order chi connectivity index (χ1) is 13.7. The fourth-order valence-electron chi connectivity index (χ4n) is 3.25. The van der Waals surface area contributed by atoms with Gasteiger partial charge in [-0.25, -0.2) is 0 Å². The van der Waals surface area contributed by atoms with Gasteiger partial charge in [0.2, 0.25) is 11.8 Å². The maximum Gasteiger partial charge on any atom is 0.231 e. The van der Waals surface area contributed by atoms with Crippen LogP contribution in [-0.4, -0.2) is 35.2 Å². The third kappa shape index (κ3) is 3.63. The van der Waals surface area contributed by atoms with E-state index in [2.05, 4.69) is 15.5 Å². The number of nitrogens with one attached hydrogen (secondary N) is 2. The Morgan fingerprint density at radius 2 is 2.21 bits per heavy atom. The van der Waals surface area contributed by atoms with Crippen LogP contribution >= 0.6 is 11.3 Å². The van der Waals surface area contributed by atoms with E-state index in [1.54, 1.807) is 22.3 Å². The lowest BCUT2D eigenvalue weighted by Crippen LogP contribution is -2.28. The highest BCUT2D eigenvalue weighted by Crippen LogP contribution is 2.33. The largest absolute Gasteiger partial charge is 0.492 e. The summed E-state index contributed by atoms with van der Waals surface area (Å²) in [5, 5.41) is 11.9. The Balaban J connectivity index is 1.45. The Labute approximate surface area is 166 Å². The molecule has 28 heavy (non-hydrogen) atoms. The second-order valence-corrected chi connectivity index (χ2v) is 7.39. The number of carbonyl (C=O) groups excluding carboxylic acids is 2. The monoisotopic (exact) mass is 396 g/mol. The molecule has 1 fully saturated rings. The Hall–Kier alpha value is -3.13. The van der Waals surface area contributed by atoms with Crippen LogP contribution in [0.2, 0.25) is 0 Å². The summed E-state index contributed by atoms with van der Waals surface area (Å²) in [6, 6.07) is 13.1. The number of carbonyl (C=O) groups is 2. The van der Waals surface area contributed by atoms with Gasteiger partial charge in [-0.1, -0.05) is 18.2 Å². The van der Waals surface area contributed by atoms with Crippen LogP contribution in [-0.2, 0) is 9.59 Å². The number of para-hydroxylation sites is 2. The Morgan fingerprint density at radius 1 is 1.36 bits per heavy atom. The van der Waals surface area contributed by atoms with Gasteiger partial charge in [0.25, 0.3) is 0 Å². The van der Waals surface area contributed by atoms with E-state index in [9.17, 15) is 9.59 Å². The van der Waals surface area contributed by atoms with Crippen LogP contribution in [0.4, 0.5) is 11.5 Å². The van der Waals surface area contributed by atoms with Crippen LogP contribution in [0.1, 0.15) is 13.3 Å². The number of aromatic amines is 1. The molecule has 0 saturated carbocycles. The first-order valence-electron chi connectivity index (χ1n) is 9.08. The van der Waals surface area contributed by atoms with E-state index in [0.29, 0.717) is 30.4 Å². The second-order valence-electron chi connectivity index (χ2n) is 6.44. The van der Waals surface area contributed by atoms with Gasteiger partial charge in [-0.05, 0) is 30.5 Å². The third-order valence-corrected chi connectivity index (χ3v) is 5.47. The SMILES string of the molecule is CCOc1ccccc1N1CC(C(=O)Nc2cc(-c3cccs3)[nH]n2)CC1=O. The molecule has 2 aromatic heterocycles. The number of nitrogens with zero attached hydrogens (tertiary/aromatic N) is 2. The molecule has 1 unspecified atom stereocenters. The van der Waals surface area contributed by atoms with Gasteiger partial charge in [0.15, 0.2) is 5.82 Å². The van der Waals surface area contributed by atoms with Crippen LogP contribution in [0, 0.1) is 5.92 Å². The van der Waals surface area contributed by atoms with E-state index in [1.807, 2.05) is 48.7 Å². The van der Waals surface area contributed by atoms with E-state index < -0.39 is 5.92 Å². The molecule has 1 atom stereocenters. The van der Waals surface area contributed by atoms with Crippen LogP contribution < -0.4 is 15.0 Å². The molecule has 0 aliphatic carbocycles. The van der Waals surface area contributed by atoms with E-state index in [0.717, 1.165) is 10.6 Å². The van der Waals surface area contributed by atoms with E-state index in [1.165, 1.54) is 0 Å². The summed E-state index contributed by atoms with van der Waals surface area (Å²) in [5.41, 5.74) is 1.55. The van der Waals surface area contributed by atoms with Crippen molar-refractivity contribution in [3.8, 4) is 16.3 Å². The summed E-state index contributed by atoms with van der Waals surface area (Å²) in [7, 11) is 0. The highest BCUT2D eigenvalue weighted by molar-refractivity contribution is 7.13. The zero-order valence-corrected chi connectivity index (χ0v) is 16.2. The molecular weight excluding hydrogens is 376 g/mol. The van der Waals surface area contributed by atoms with Crippen molar-refractivity contribution in [1.29, 1.82) is 0 Å². The van der Waals surface area contributed by atoms with Crippen LogP contribution in [0.25, 0.3) is 10.6 Å². The third-order valence-electron chi connectivity index (χ3n) is 4.57. The highest BCUT2D eigenvalue weighted by Gasteiger charge is 2.36. The molecule has 0 bridgehead atoms. The quantitative estimate of drug-likeness (QED) is 0.667. The number of H-pyrrole nitrogens is 1. The number of rotatable bonds is 6. The van der Waals surface area contributed by atoms with Gasteiger partial charge in [-0.2, -0.15) is 5.10 Å². The Kier molecular flexibility index (Phi) is 5.12. The number of anilines is 2. The fraction of sp³-hybridized carbons (Fsp3) is 0.250. The molecule has 3 heterocycles. The lowest BCUT2D eigenvalue weighted by atomic mass is 10.1. The average Bonchev–Trinajstić information content (AvgIpc) is 3.43. The molecule has 1 aliphatic heterocycles. The van der Waals surface area contributed by atoms with E-state index >= 15 is 0 Å². The van der Waals surface area contributed by atoms with Gasteiger partial charge >= 0.3 is 0 Å². The molecular formula is C20H20N4O3S. The molecule has 144 valence electrons. The zero-order valence-electron chi connectivity index (χ0n) is 15.3. The van der Waals surface area contributed by atoms with E-state index in [-0.39, 0.29) is 18.2 Å². The first-order valence-corrected chi connectivity index (χ1v) is 9.96. The standard InChI is InChI=1S/C20H20N4O3S/c1-2-27-16-7-4-3-6-15(16)24-12-13(10-19(24)25)20(26)21-18-11-14(22-23-18)17-8-5-9-28-17/h3-9,11,13H,2,10,12H2,1H3,(H2,21,22,23,26). The van der Waals surface area contributed by atoms with Crippen molar-refractivity contribution in [3.05, 3.63) is 47.8 Å². The minimum Gasteiger partial charge on any atom is -0.492 e. The predicted molar refractivity (Wildman–Crippen MR) is 109 cm³/mol. The summed E-state index contributed by atoms with van der Waals surface area (Å²) >= 11 is 1.59. The first kappa shape index (κ1) is 18.2. The normalized spacial score (nSPS) is 16.4. The molecule has 4 rings (SSSR count). The van der Waals surface area contributed by atoms with Crippen LogP contribution in [0.3, 0.4) is 0 Å². The maximum absolute atomic E-state index is 12.7. The molecule has 2 N–H and O–H groups in total. The lowest BCUT2D eigenvalue weighted by Gasteiger charge is -2.20. The van der Waals surface area contributed by atoms with Gasteiger partial charge in [-0.15, -0.1) is 11.3 Å². The Bertz CT molecular complexity index is 983. The van der Waals surface area contributed by atoms with Crippen molar-refractivity contribution in [3.63, 3.8) is 0 Å². The topological polar surface area (TPSA) is 87.3 Å². The molecule has 3 aromatic rings. The summed E-state index contributed by atoms with van der Waals surface area (Å²) in [6.45, 7) is 2.72. The molecule has 1 aromatic carbocycles. The highest BCUT2D eigenvalue weighted by atomic mass is 32.1. The molecule has 7 nitrogen and oxygen atoms in total. The molecule has 0 radical (unpaired) electrons. The minimum absolute atomic E-state index is 0.0893. The average molecular weight is 396 g/mol. The Morgan fingerprint density at radius 3 is 3.00 bits per heavy atom. The number of benzene rings is 1. The number of hydrogen-bond acceptors (Lipinski definition) is 5. The summed E-state index contributed by atoms with van der Waals surface area (Å²) in [6.07, 6.45) is 0.161. The summed E-state index contributed by atoms with van der Waals surface area (Å²) < 4.78 is 5.62. The number of aromatic nitrogens is 2. The van der Waals surface area contributed by atoms with Crippen LogP contribution in [0.5, 0.6) is 5.75 Å². The smallest absolute Gasteiger partial charge is 0.231 e. The van der Waals surface area contributed by atoms with Gasteiger partial charge in [-0.3, -0.25) is 14.7 Å². The van der Waals surface area contributed by atoms with Crippen molar-refractivity contribution in [2.75, 3.05) is 23.4 Å². The molecule has 8 heteroatoms. The van der Waals surface area contributed by atoms with Crippen molar-refractivity contribution in [2.24, 2.45) is 5.92 Å². The van der Waals surface area contributed by atoms with Gasteiger partial charge in [0, 0.05) is 19.0 Å². The predicted octanol–water partition coefficient (Wildman–Crippen LogP) is 3.53.